The van der Waals surface area contributed by atoms with Crippen LogP contribution in [0.4, 0.5) is 5.69 Å². The molecule has 0 bridgehead atoms. The fourth-order valence-electron chi connectivity index (χ4n) is 3.54. The number of rotatable bonds is 5. The lowest BCUT2D eigenvalue weighted by Gasteiger charge is -2.16. The van der Waals surface area contributed by atoms with Gasteiger partial charge in [0.05, 0.1) is 16.3 Å². The Labute approximate surface area is 171 Å². The topological polar surface area (TPSA) is 92.3 Å². The van der Waals surface area contributed by atoms with Crippen molar-refractivity contribution in [2.45, 2.75) is 67.7 Å². The number of carbonyl (C=O) groups is 2. The maximum atomic E-state index is 12.7. The average Bonchev–Trinajstić information content (AvgIpc) is 3.00. The summed E-state index contributed by atoms with van der Waals surface area (Å²) in [5, 5.41) is 5.79. The Bertz CT molecular complexity index is 831. The van der Waals surface area contributed by atoms with Crippen LogP contribution in [0.2, 0.25) is 0 Å². The molecular formula is C20H28N2O4S2. The standard InChI is InChI=1S/C20H28N2O4S2/c1-14-13-27-18-9-8-16(12-17(18)22-20(14)24)28(25,26)11-10-19(23)21-15-6-4-2-3-5-7-15/h8-9,12,14-15H,2-7,10-11,13H2,1H3,(H,21,23)(H,22,24). The molecule has 1 heterocycles. The number of hydrogen-bond acceptors (Lipinski definition) is 5. The molecule has 3 rings (SSSR count). The zero-order valence-corrected chi connectivity index (χ0v) is 17.8. The predicted molar refractivity (Wildman–Crippen MR) is 111 cm³/mol. The van der Waals surface area contributed by atoms with E-state index >= 15 is 0 Å². The van der Waals surface area contributed by atoms with E-state index in [9.17, 15) is 18.0 Å². The maximum Gasteiger partial charge on any atom is 0.228 e. The van der Waals surface area contributed by atoms with Crippen molar-refractivity contribution >= 4 is 39.1 Å². The van der Waals surface area contributed by atoms with Gasteiger partial charge in [-0.05, 0) is 31.0 Å². The van der Waals surface area contributed by atoms with Crippen LogP contribution in [0.3, 0.4) is 0 Å². The lowest BCUT2D eigenvalue weighted by Crippen LogP contribution is -2.35. The van der Waals surface area contributed by atoms with Crippen molar-refractivity contribution < 1.29 is 18.0 Å². The van der Waals surface area contributed by atoms with Gasteiger partial charge >= 0.3 is 0 Å². The fourth-order valence-corrected chi connectivity index (χ4v) is 5.81. The molecule has 154 valence electrons. The van der Waals surface area contributed by atoms with Gasteiger partial charge in [-0.3, -0.25) is 9.59 Å². The van der Waals surface area contributed by atoms with E-state index in [0.29, 0.717) is 11.4 Å². The number of sulfone groups is 1. The van der Waals surface area contributed by atoms with Crippen LogP contribution < -0.4 is 10.6 Å². The molecule has 2 aliphatic rings. The van der Waals surface area contributed by atoms with Gasteiger partial charge in [0.1, 0.15) is 0 Å². The highest BCUT2D eigenvalue weighted by atomic mass is 32.2. The molecule has 1 saturated carbocycles. The van der Waals surface area contributed by atoms with Crippen LogP contribution in [-0.4, -0.2) is 37.8 Å². The summed E-state index contributed by atoms with van der Waals surface area (Å²) in [4.78, 5) is 25.3. The summed E-state index contributed by atoms with van der Waals surface area (Å²) in [5.74, 6) is -0.0229. The van der Waals surface area contributed by atoms with Crippen molar-refractivity contribution in [3.8, 4) is 0 Å². The highest BCUT2D eigenvalue weighted by Crippen LogP contribution is 2.34. The molecule has 1 aliphatic heterocycles. The zero-order valence-electron chi connectivity index (χ0n) is 16.2. The van der Waals surface area contributed by atoms with Crippen molar-refractivity contribution in [3.63, 3.8) is 0 Å². The Morgan fingerprint density at radius 2 is 1.93 bits per heavy atom. The molecule has 28 heavy (non-hydrogen) atoms. The monoisotopic (exact) mass is 424 g/mol. The quantitative estimate of drug-likeness (QED) is 0.707. The Balaban J connectivity index is 1.62. The number of hydrogen-bond donors (Lipinski definition) is 2. The zero-order chi connectivity index (χ0) is 20.1. The lowest BCUT2D eigenvalue weighted by molar-refractivity contribution is -0.121. The van der Waals surface area contributed by atoms with E-state index < -0.39 is 9.84 Å². The first-order chi connectivity index (χ1) is 13.3. The highest BCUT2D eigenvalue weighted by Gasteiger charge is 2.24. The van der Waals surface area contributed by atoms with Crippen molar-refractivity contribution in [1.82, 2.24) is 5.32 Å². The van der Waals surface area contributed by atoms with Gasteiger partial charge < -0.3 is 10.6 Å². The van der Waals surface area contributed by atoms with Gasteiger partial charge in [-0.15, -0.1) is 11.8 Å². The number of carbonyl (C=O) groups excluding carboxylic acids is 2. The van der Waals surface area contributed by atoms with E-state index in [2.05, 4.69) is 10.6 Å². The second-order valence-corrected chi connectivity index (χ2v) is 10.9. The number of thioether (sulfide) groups is 1. The summed E-state index contributed by atoms with van der Waals surface area (Å²) in [6.45, 7) is 1.85. The third-order valence-electron chi connectivity index (χ3n) is 5.32. The van der Waals surface area contributed by atoms with E-state index in [-0.39, 0.29) is 40.8 Å². The minimum absolute atomic E-state index is 0.0476. The summed E-state index contributed by atoms with van der Waals surface area (Å²) in [5.41, 5.74) is 0.531. The van der Waals surface area contributed by atoms with E-state index in [0.717, 1.165) is 30.6 Å². The molecule has 2 amide bonds. The summed E-state index contributed by atoms with van der Waals surface area (Å²) in [6, 6.07) is 4.97. The van der Waals surface area contributed by atoms with Gasteiger partial charge in [0.2, 0.25) is 11.8 Å². The first kappa shape index (κ1) is 21.2. The highest BCUT2D eigenvalue weighted by molar-refractivity contribution is 7.99. The molecule has 6 nitrogen and oxygen atoms in total. The van der Waals surface area contributed by atoms with Crippen LogP contribution in [-0.2, 0) is 19.4 Å². The first-order valence-corrected chi connectivity index (χ1v) is 12.6. The van der Waals surface area contributed by atoms with Gasteiger partial charge in [-0.1, -0.05) is 32.6 Å². The molecule has 0 radical (unpaired) electrons. The lowest BCUT2D eigenvalue weighted by atomic mass is 10.1. The Morgan fingerprint density at radius 1 is 1.21 bits per heavy atom. The second kappa shape index (κ2) is 9.31. The minimum Gasteiger partial charge on any atom is -0.353 e. The van der Waals surface area contributed by atoms with Crippen molar-refractivity contribution in [2.75, 3.05) is 16.8 Å². The summed E-state index contributed by atoms with van der Waals surface area (Å²) in [7, 11) is -3.60. The minimum atomic E-state index is -3.60. The average molecular weight is 425 g/mol. The number of nitrogens with one attached hydrogen (secondary N) is 2. The number of fused-ring (bicyclic) bond motifs is 1. The molecule has 1 fully saturated rings. The van der Waals surface area contributed by atoms with E-state index in [1.807, 2.05) is 6.92 Å². The van der Waals surface area contributed by atoms with Gasteiger partial charge in [-0.25, -0.2) is 8.42 Å². The van der Waals surface area contributed by atoms with Gasteiger partial charge in [-0.2, -0.15) is 0 Å². The summed E-state index contributed by atoms with van der Waals surface area (Å²) in [6.07, 6.45) is 6.52. The molecule has 1 unspecified atom stereocenters. The number of benzene rings is 1. The molecule has 0 saturated heterocycles. The predicted octanol–water partition coefficient (Wildman–Crippen LogP) is 3.37. The van der Waals surface area contributed by atoms with Crippen molar-refractivity contribution in [3.05, 3.63) is 18.2 Å². The van der Waals surface area contributed by atoms with Crippen LogP contribution in [0, 0.1) is 5.92 Å². The smallest absolute Gasteiger partial charge is 0.228 e. The van der Waals surface area contributed by atoms with Crippen molar-refractivity contribution in [1.29, 1.82) is 0 Å². The van der Waals surface area contributed by atoms with Crippen LogP contribution in [0.25, 0.3) is 0 Å². The van der Waals surface area contributed by atoms with Crippen molar-refractivity contribution in [2.24, 2.45) is 5.92 Å². The van der Waals surface area contributed by atoms with E-state index in [4.69, 9.17) is 0 Å². The maximum absolute atomic E-state index is 12.7. The molecule has 0 spiro atoms. The molecule has 1 aromatic rings. The molecule has 0 aromatic heterocycles. The van der Waals surface area contributed by atoms with E-state index in [1.54, 1.807) is 12.1 Å². The molecule has 1 aliphatic carbocycles. The van der Waals surface area contributed by atoms with Gasteiger partial charge in [0.15, 0.2) is 9.84 Å². The van der Waals surface area contributed by atoms with Gasteiger partial charge in [0, 0.05) is 29.0 Å². The largest absolute Gasteiger partial charge is 0.353 e. The molecule has 1 aromatic carbocycles. The Morgan fingerprint density at radius 3 is 2.64 bits per heavy atom. The Kier molecular flexibility index (Phi) is 7.04. The molecular weight excluding hydrogens is 396 g/mol. The van der Waals surface area contributed by atoms with Crippen LogP contribution in [0.5, 0.6) is 0 Å². The number of amides is 2. The van der Waals surface area contributed by atoms with Crippen LogP contribution in [0.1, 0.15) is 51.9 Å². The third kappa shape index (κ3) is 5.50. The van der Waals surface area contributed by atoms with Crippen LogP contribution in [0.15, 0.2) is 28.0 Å². The van der Waals surface area contributed by atoms with E-state index in [1.165, 1.54) is 30.7 Å². The molecule has 8 heteroatoms. The Hall–Kier alpha value is -1.54. The second-order valence-electron chi connectivity index (χ2n) is 7.68. The molecule has 1 atom stereocenters. The first-order valence-electron chi connectivity index (χ1n) is 9.95. The number of anilines is 1. The fraction of sp³-hybridized carbons (Fsp3) is 0.600. The van der Waals surface area contributed by atoms with Crippen LogP contribution >= 0.6 is 11.8 Å². The third-order valence-corrected chi connectivity index (χ3v) is 8.37. The summed E-state index contributed by atoms with van der Waals surface area (Å²) < 4.78 is 25.4. The normalized spacial score (nSPS) is 21.2. The molecule has 2 N–H and O–H groups in total. The van der Waals surface area contributed by atoms with Gasteiger partial charge in [0.25, 0.3) is 0 Å². The SMILES string of the molecule is CC1CSc2ccc(S(=O)(=O)CCC(=O)NC3CCCCCC3)cc2NC1=O. The summed E-state index contributed by atoms with van der Waals surface area (Å²) >= 11 is 1.54.